The maximum absolute atomic E-state index is 14.7. The van der Waals surface area contributed by atoms with Gasteiger partial charge in [0.15, 0.2) is 23.3 Å². The van der Waals surface area contributed by atoms with E-state index in [1.165, 1.54) is 36.4 Å². The summed E-state index contributed by atoms with van der Waals surface area (Å²) in [7, 11) is 0. The molecule has 3 aromatic carbocycles. The summed E-state index contributed by atoms with van der Waals surface area (Å²) < 4.78 is 63.6. The lowest BCUT2D eigenvalue weighted by Gasteiger charge is -2.27. The molecule has 0 amide bonds. The van der Waals surface area contributed by atoms with E-state index in [0.717, 1.165) is 12.8 Å². The molecule has 0 atom stereocenters. The van der Waals surface area contributed by atoms with E-state index in [4.69, 9.17) is 4.74 Å². The third-order valence-electron chi connectivity index (χ3n) is 6.70. The van der Waals surface area contributed by atoms with Gasteiger partial charge in [0.1, 0.15) is 5.75 Å². The number of benzene rings is 3. The van der Waals surface area contributed by atoms with Crippen LogP contribution in [0.5, 0.6) is 5.75 Å². The monoisotopic (exact) mass is 484 g/mol. The van der Waals surface area contributed by atoms with E-state index >= 15 is 0 Å². The maximum Gasteiger partial charge on any atom is 0.167 e. The van der Waals surface area contributed by atoms with Crippen molar-refractivity contribution in [2.45, 2.75) is 45.1 Å². The molecule has 1 aliphatic carbocycles. The lowest BCUT2D eigenvalue weighted by atomic mass is 9.78. The van der Waals surface area contributed by atoms with Crippen molar-refractivity contribution in [1.29, 1.82) is 0 Å². The van der Waals surface area contributed by atoms with Gasteiger partial charge in [-0.2, -0.15) is 0 Å². The lowest BCUT2D eigenvalue weighted by molar-refractivity contribution is 0.131. The van der Waals surface area contributed by atoms with Gasteiger partial charge in [-0.05, 0) is 67.7 Å². The minimum atomic E-state index is -0.938. The zero-order valence-corrected chi connectivity index (χ0v) is 19.5. The van der Waals surface area contributed by atoms with Crippen molar-refractivity contribution in [3.05, 3.63) is 94.6 Å². The number of phenolic OH excluding ortho intramolecular Hbond substituents is 1. The number of aromatic hydroxyl groups is 1. The van der Waals surface area contributed by atoms with Gasteiger partial charge in [0, 0.05) is 23.3 Å². The summed E-state index contributed by atoms with van der Waals surface area (Å²) in [4.78, 5) is 0. The summed E-state index contributed by atoms with van der Waals surface area (Å²) in [6, 6.07) is 12.2. The minimum absolute atomic E-state index is 0.0458. The highest BCUT2D eigenvalue weighted by molar-refractivity contribution is 5.67. The number of hydrogen-bond donors (Lipinski definition) is 1. The van der Waals surface area contributed by atoms with Crippen LogP contribution in [0.4, 0.5) is 17.6 Å². The van der Waals surface area contributed by atoms with Crippen LogP contribution in [0, 0.1) is 29.2 Å². The minimum Gasteiger partial charge on any atom is -0.508 e. The fourth-order valence-corrected chi connectivity index (χ4v) is 4.66. The molecule has 0 bridgehead atoms. The van der Waals surface area contributed by atoms with Crippen molar-refractivity contribution in [2.24, 2.45) is 5.92 Å². The quantitative estimate of drug-likeness (QED) is 0.343. The van der Waals surface area contributed by atoms with Crippen LogP contribution < -0.4 is 0 Å². The molecular weight excluding hydrogens is 456 g/mol. The van der Waals surface area contributed by atoms with E-state index in [-0.39, 0.29) is 40.9 Å². The van der Waals surface area contributed by atoms with Gasteiger partial charge in [0.2, 0.25) is 0 Å². The van der Waals surface area contributed by atoms with Gasteiger partial charge in [-0.1, -0.05) is 48.6 Å². The van der Waals surface area contributed by atoms with Crippen molar-refractivity contribution >= 4 is 6.08 Å². The molecule has 0 saturated heterocycles. The lowest BCUT2D eigenvalue weighted by Crippen LogP contribution is -2.14. The van der Waals surface area contributed by atoms with Crippen LogP contribution in [0.25, 0.3) is 17.2 Å². The van der Waals surface area contributed by atoms with Gasteiger partial charge in [-0.25, -0.2) is 17.6 Å². The molecule has 0 aromatic heterocycles. The van der Waals surface area contributed by atoms with Crippen molar-refractivity contribution in [1.82, 2.24) is 0 Å². The maximum atomic E-state index is 14.7. The summed E-state index contributed by atoms with van der Waals surface area (Å²) in [6.07, 6.45) is 6.33. The van der Waals surface area contributed by atoms with Crippen LogP contribution in [0.15, 0.2) is 54.6 Å². The fraction of sp³-hybridized carbons (Fsp3) is 0.310. The van der Waals surface area contributed by atoms with Crippen molar-refractivity contribution in [2.75, 3.05) is 6.61 Å². The Morgan fingerprint density at radius 2 is 1.54 bits per heavy atom. The third kappa shape index (κ3) is 5.59. The first kappa shape index (κ1) is 25.0. The van der Waals surface area contributed by atoms with Crippen LogP contribution in [0.1, 0.15) is 55.2 Å². The van der Waals surface area contributed by atoms with Crippen LogP contribution in [0.2, 0.25) is 0 Å². The summed E-state index contributed by atoms with van der Waals surface area (Å²) >= 11 is 0. The highest BCUT2D eigenvalue weighted by Gasteiger charge is 2.25. The van der Waals surface area contributed by atoms with Crippen LogP contribution >= 0.6 is 0 Å². The summed E-state index contributed by atoms with van der Waals surface area (Å²) in [5.74, 6) is -3.38. The molecule has 0 radical (unpaired) electrons. The molecule has 35 heavy (non-hydrogen) atoms. The van der Waals surface area contributed by atoms with Crippen LogP contribution in [0.3, 0.4) is 0 Å². The predicted molar refractivity (Wildman–Crippen MR) is 129 cm³/mol. The molecule has 1 aliphatic rings. The number of rotatable bonds is 7. The topological polar surface area (TPSA) is 29.5 Å². The molecule has 4 rings (SSSR count). The Morgan fingerprint density at radius 3 is 2.23 bits per heavy atom. The van der Waals surface area contributed by atoms with Crippen molar-refractivity contribution < 1.29 is 27.4 Å². The number of halogens is 4. The van der Waals surface area contributed by atoms with Gasteiger partial charge in [0.05, 0.1) is 6.61 Å². The van der Waals surface area contributed by atoms with Gasteiger partial charge in [-0.3, -0.25) is 0 Å². The average molecular weight is 485 g/mol. The number of hydrogen-bond acceptors (Lipinski definition) is 2. The second-order valence-corrected chi connectivity index (χ2v) is 8.93. The standard InChI is InChI=1S/C29H28F4O2/c1-2-35-17-22-12-16-25(29(33)27(22)31)19-6-3-18(4-7-19)5-8-21-11-15-24(28(32)26(21)30)20-9-13-23(34)14-10-20/h5,8-16,18-19,34H,2-4,6-7,17H2,1H3/b8-5+. The Hall–Kier alpha value is -3.12. The van der Waals surface area contributed by atoms with E-state index < -0.39 is 23.3 Å². The summed E-state index contributed by atoms with van der Waals surface area (Å²) in [6.45, 7) is 2.27. The Balaban J connectivity index is 1.41. The molecular formula is C29H28F4O2. The van der Waals surface area contributed by atoms with Crippen molar-refractivity contribution in [3.8, 4) is 16.9 Å². The molecule has 0 aliphatic heterocycles. The number of phenols is 1. The Kier molecular flexibility index (Phi) is 7.91. The van der Waals surface area contributed by atoms with Crippen molar-refractivity contribution in [3.63, 3.8) is 0 Å². The first-order valence-corrected chi connectivity index (χ1v) is 11.9. The average Bonchev–Trinajstić information content (AvgIpc) is 2.87. The predicted octanol–water partition coefficient (Wildman–Crippen LogP) is 8.14. The van der Waals surface area contributed by atoms with Crippen LogP contribution in [-0.4, -0.2) is 11.7 Å². The van der Waals surface area contributed by atoms with E-state index in [2.05, 4.69) is 0 Å². The number of allylic oxidation sites excluding steroid dienone is 1. The van der Waals surface area contributed by atoms with E-state index in [0.29, 0.717) is 30.6 Å². The SMILES string of the molecule is CCOCc1ccc(C2CCC(/C=C/c3ccc(-c4ccc(O)cc4)c(F)c3F)CC2)c(F)c1F. The van der Waals surface area contributed by atoms with Crippen LogP contribution in [-0.2, 0) is 11.3 Å². The molecule has 6 heteroatoms. The highest BCUT2D eigenvalue weighted by Crippen LogP contribution is 2.38. The molecule has 0 heterocycles. The fourth-order valence-electron chi connectivity index (χ4n) is 4.66. The molecule has 2 nitrogen and oxygen atoms in total. The largest absolute Gasteiger partial charge is 0.508 e. The van der Waals surface area contributed by atoms with Gasteiger partial charge < -0.3 is 9.84 Å². The first-order valence-electron chi connectivity index (χ1n) is 11.9. The molecule has 1 fully saturated rings. The van der Waals surface area contributed by atoms with Gasteiger partial charge in [-0.15, -0.1) is 0 Å². The Morgan fingerprint density at radius 1 is 0.829 bits per heavy atom. The normalized spacial score (nSPS) is 18.3. The molecule has 0 spiro atoms. The Labute approximate surface area is 202 Å². The second-order valence-electron chi connectivity index (χ2n) is 8.93. The zero-order chi connectivity index (χ0) is 24.9. The smallest absolute Gasteiger partial charge is 0.167 e. The molecule has 1 N–H and O–H groups in total. The highest BCUT2D eigenvalue weighted by atomic mass is 19.2. The molecule has 3 aromatic rings. The second kappa shape index (κ2) is 11.1. The van der Waals surface area contributed by atoms with Gasteiger partial charge in [0.25, 0.3) is 0 Å². The zero-order valence-electron chi connectivity index (χ0n) is 19.5. The van der Waals surface area contributed by atoms with E-state index in [1.807, 2.05) is 6.08 Å². The summed E-state index contributed by atoms with van der Waals surface area (Å²) in [5.41, 5.74) is 1.37. The molecule has 0 unspecified atom stereocenters. The molecule has 1 saturated carbocycles. The van der Waals surface area contributed by atoms with Gasteiger partial charge >= 0.3 is 0 Å². The third-order valence-corrected chi connectivity index (χ3v) is 6.70. The molecule has 184 valence electrons. The van der Waals surface area contributed by atoms with E-state index in [9.17, 15) is 22.7 Å². The first-order chi connectivity index (χ1) is 16.9. The number of ether oxygens (including phenoxy) is 1. The summed E-state index contributed by atoms with van der Waals surface area (Å²) in [5, 5.41) is 9.39. The Bertz CT molecular complexity index is 1200. The van der Waals surface area contributed by atoms with E-state index in [1.54, 1.807) is 25.1 Å².